The fourth-order valence-electron chi connectivity index (χ4n) is 2.56. The van der Waals surface area contributed by atoms with E-state index in [4.69, 9.17) is 0 Å². The molecule has 0 spiro atoms. The van der Waals surface area contributed by atoms with Gasteiger partial charge >= 0.3 is 0 Å². The number of aromatic nitrogens is 4. The molecule has 1 N–H and O–H groups in total. The lowest BCUT2D eigenvalue weighted by atomic mass is 10.2. The quantitative estimate of drug-likeness (QED) is 0.536. The lowest BCUT2D eigenvalue weighted by molar-refractivity contribution is 0.0993. The number of nitrogens with one attached hydrogen (secondary N) is 1. The van der Waals surface area contributed by atoms with Crippen LogP contribution >= 0.6 is 11.3 Å². The predicted molar refractivity (Wildman–Crippen MR) is 110 cm³/mol. The molecule has 9 heteroatoms. The zero-order chi connectivity index (χ0) is 20.2. The standard InChI is InChI=1S/C20H15FN6OS/c1-27(19(28)13-4-6-14(21)7-5-13)20-26-17(11-29-20)16-9-18(24-12-23-16)25-15-3-2-8-22-10-15/h2-12H,1H3,(H,23,24,25). The molecular weight excluding hydrogens is 391 g/mol. The first-order valence-corrected chi connectivity index (χ1v) is 9.47. The Balaban J connectivity index is 1.53. The summed E-state index contributed by atoms with van der Waals surface area (Å²) in [6, 6.07) is 10.9. The van der Waals surface area contributed by atoms with Crippen LogP contribution in [0.5, 0.6) is 0 Å². The highest BCUT2D eigenvalue weighted by Crippen LogP contribution is 2.27. The first-order chi connectivity index (χ1) is 14.1. The molecule has 0 aliphatic heterocycles. The Morgan fingerprint density at radius 2 is 1.97 bits per heavy atom. The van der Waals surface area contributed by atoms with Crippen LogP contribution in [0.2, 0.25) is 0 Å². The van der Waals surface area contributed by atoms with Gasteiger partial charge in [-0.25, -0.2) is 19.3 Å². The highest BCUT2D eigenvalue weighted by molar-refractivity contribution is 7.14. The molecule has 29 heavy (non-hydrogen) atoms. The third kappa shape index (κ3) is 4.25. The fraction of sp³-hybridized carbons (Fsp3) is 0.0500. The van der Waals surface area contributed by atoms with Crippen molar-refractivity contribution >= 4 is 33.9 Å². The van der Waals surface area contributed by atoms with E-state index in [9.17, 15) is 9.18 Å². The van der Waals surface area contributed by atoms with E-state index in [1.165, 1.54) is 46.8 Å². The molecular formula is C20H15FN6OS. The van der Waals surface area contributed by atoms with E-state index in [1.54, 1.807) is 25.5 Å². The Hall–Kier alpha value is -3.72. The average molecular weight is 406 g/mol. The van der Waals surface area contributed by atoms with Gasteiger partial charge in [0.15, 0.2) is 5.13 Å². The van der Waals surface area contributed by atoms with E-state index in [0.29, 0.717) is 27.9 Å². The summed E-state index contributed by atoms with van der Waals surface area (Å²) in [5, 5.41) is 5.48. The van der Waals surface area contributed by atoms with Gasteiger partial charge in [0.05, 0.1) is 17.6 Å². The van der Waals surface area contributed by atoms with Gasteiger partial charge in [-0.2, -0.15) is 0 Å². The molecule has 1 aromatic carbocycles. The molecule has 4 rings (SSSR count). The number of thiazole rings is 1. The van der Waals surface area contributed by atoms with Crippen molar-refractivity contribution in [3.63, 3.8) is 0 Å². The molecule has 0 aliphatic carbocycles. The molecule has 0 saturated carbocycles. The van der Waals surface area contributed by atoms with Crippen LogP contribution in [0, 0.1) is 5.82 Å². The second kappa shape index (κ2) is 8.11. The molecule has 0 aliphatic rings. The van der Waals surface area contributed by atoms with Crippen LogP contribution in [0.3, 0.4) is 0 Å². The first-order valence-electron chi connectivity index (χ1n) is 8.59. The number of carbonyl (C=O) groups is 1. The SMILES string of the molecule is CN(C(=O)c1ccc(F)cc1)c1nc(-c2cc(Nc3cccnc3)ncn2)cs1. The average Bonchev–Trinajstić information content (AvgIpc) is 3.24. The number of rotatable bonds is 5. The molecule has 0 fully saturated rings. The van der Waals surface area contributed by atoms with Crippen LogP contribution < -0.4 is 10.2 Å². The molecule has 0 bridgehead atoms. The topological polar surface area (TPSA) is 83.9 Å². The molecule has 0 unspecified atom stereocenters. The molecule has 0 atom stereocenters. The van der Waals surface area contributed by atoms with Crippen molar-refractivity contribution in [1.82, 2.24) is 19.9 Å². The Kier molecular flexibility index (Phi) is 5.21. The van der Waals surface area contributed by atoms with Crippen LogP contribution in [0.25, 0.3) is 11.4 Å². The van der Waals surface area contributed by atoms with Gasteiger partial charge in [0.1, 0.15) is 23.7 Å². The number of nitrogens with zero attached hydrogens (tertiary/aromatic N) is 5. The fourth-order valence-corrected chi connectivity index (χ4v) is 3.34. The van der Waals surface area contributed by atoms with Crippen molar-refractivity contribution < 1.29 is 9.18 Å². The smallest absolute Gasteiger partial charge is 0.259 e. The number of carbonyl (C=O) groups excluding carboxylic acids is 1. The van der Waals surface area contributed by atoms with Gasteiger partial charge in [-0.1, -0.05) is 0 Å². The van der Waals surface area contributed by atoms with Gasteiger partial charge in [0.2, 0.25) is 0 Å². The number of halogens is 1. The van der Waals surface area contributed by atoms with Crippen molar-refractivity contribution in [2.75, 3.05) is 17.3 Å². The summed E-state index contributed by atoms with van der Waals surface area (Å²) in [7, 11) is 1.63. The molecule has 144 valence electrons. The Labute approximate surface area is 169 Å². The zero-order valence-corrected chi connectivity index (χ0v) is 16.1. The molecule has 4 aromatic rings. The van der Waals surface area contributed by atoms with Crippen LogP contribution in [-0.4, -0.2) is 32.9 Å². The second-order valence-electron chi connectivity index (χ2n) is 6.04. The Morgan fingerprint density at radius 3 is 2.72 bits per heavy atom. The van der Waals surface area contributed by atoms with Gasteiger partial charge < -0.3 is 5.32 Å². The third-order valence-electron chi connectivity index (χ3n) is 4.04. The van der Waals surface area contributed by atoms with Crippen LogP contribution in [0.1, 0.15) is 10.4 Å². The van der Waals surface area contributed by atoms with E-state index in [0.717, 1.165) is 5.69 Å². The van der Waals surface area contributed by atoms with Crippen molar-refractivity contribution in [3.8, 4) is 11.4 Å². The van der Waals surface area contributed by atoms with E-state index in [-0.39, 0.29) is 11.7 Å². The minimum absolute atomic E-state index is 0.271. The zero-order valence-electron chi connectivity index (χ0n) is 15.3. The number of pyridine rings is 1. The van der Waals surface area contributed by atoms with Gasteiger partial charge in [-0.3, -0.25) is 14.7 Å². The van der Waals surface area contributed by atoms with Gasteiger partial charge in [-0.05, 0) is 36.4 Å². The van der Waals surface area contributed by atoms with E-state index in [1.807, 2.05) is 17.5 Å². The third-order valence-corrected chi connectivity index (χ3v) is 4.96. The lowest BCUT2D eigenvalue weighted by Crippen LogP contribution is -2.26. The number of anilines is 3. The lowest BCUT2D eigenvalue weighted by Gasteiger charge is -2.13. The van der Waals surface area contributed by atoms with Gasteiger partial charge in [-0.15, -0.1) is 11.3 Å². The molecule has 0 radical (unpaired) electrons. The van der Waals surface area contributed by atoms with E-state index >= 15 is 0 Å². The van der Waals surface area contributed by atoms with Crippen molar-refractivity contribution in [3.05, 3.63) is 77.9 Å². The number of hydrogen-bond donors (Lipinski definition) is 1. The summed E-state index contributed by atoms with van der Waals surface area (Å²) >= 11 is 1.32. The minimum atomic E-state index is -0.389. The van der Waals surface area contributed by atoms with Crippen molar-refractivity contribution in [2.24, 2.45) is 0 Å². The maximum absolute atomic E-state index is 13.1. The Morgan fingerprint density at radius 1 is 1.14 bits per heavy atom. The summed E-state index contributed by atoms with van der Waals surface area (Å²) in [5.74, 6) is -0.0546. The number of amides is 1. The summed E-state index contributed by atoms with van der Waals surface area (Å²) in [4.78, 5) is 31.1. The monoisotopic (exact) mass is 406 g/mol. The maximum atomic E-state index is 13.1. The summed E-state index contributed by atoms with van der Waals surface area (Å²) in [5.41, 5.74) is 2.44. The largest absolute Gasteiger partial charge is 0.339 e. The Bertz CT molecular complexity index is 1130. The first kappa shape index (κ1) is 18.6. The maximum Gasteiger partial charge on any atom is 0.259 e. The summed E-state index contributed by atoms with van der Waals surface area (Å²) in [6.45, 7) is 0. The number of hydrogen-bond acceptors (Lipinski definition) is 7. The van der Waals surface area contributed by atoms with Crippen molar-refractivity contribution in [1.29, 1.82) is 0 Å². The normalized spacial score (nSPS) is 10.6. The molecule has 1 amide bonds. The van der Waals surface area contributed by atoms with Crippen LogP contribution in [0.15, 0.2) is 66.6 Å². The van der Waals surface area contributed by atoms with Crippen molar-refractivity contribution in [2.45, 2.75) is 0 Å². The van der Waals surface area contributed by atoms with E-state index < -0.39 is 0 Å². The second-order valence-corrected chi connectivity index (χ2v) is 6.88. The van der Waals surface area contributed by atoms with E-state index in [2.05, 4.69) is 25.3 Å². The minimum Gasteiger partial charge on any atom is -0.339 e. The van der Waals surface area contributed by atoms with Crippen LogP contribution in [-0.2, 0) is 0 Å². The molecule has 3 aromatic heterocycles. The molecule has 7 nitrogen and oxygen atoms in total. The summed E-state index contributed by atoms with van der Waals surface area (Å²) in [6.07, 6.45) is 4.83. The highest BCUT2D eigenvalue weighted by atomic mass is 32.1. The predicted octanol–water partition coefficient (Wildman–Crippen LogP) is 4.15. The number of benzene rings is 1. The van der Waals surface area contributed by atoms with Gasteiger partial charge in [0, 0.05) is 30.3 Å². The van der Waals surface area contributed by atoms with Gasteiger partial charge in [0.25, 0.3) is 5.91 Å². The highest BCUT2D eigenvalue weighted by Gasteiger charge is 2.17. The summed E-state index contributed by atoms with van der Waals surface area (Å²) < 4.78 is 13.1. The molecule has 3 heterocycles. The molecule has 0 saturated heterocycles. The van der Waals surface area contributed by atoms with Crippen LogP contribution in [0.4, 0.5) is 21.0 Å².